The van der Waals surface area contributed by atoms with Crippen molar-refractivity contribution >= 4 is 5.91 Å². The Bertz CT molecular complexity index is 517. The minimum atomic E-state index is -0.316. The predicted octanol–water partition coefficient (Wildman–Crippen LogP) is 1.52. The lowest BCUT2D eigenvalue weighted by Gasteiger charge is -2.25. The fraction of sp³-hybridized carbons (Fsp3) is 0.643. The van der Waals surface area contributed by atoms with E-state index in [1.165, 1.54) is 0 Å². The van der Waals surface area contributed by atoms with Crippen molar-refractivity contribution in [1.29, 1.82) is 5.26 Å². The number of methoxy groups -OCH3 is 1. The Morgan fingerprint density at radius 3 is 2.90 bits per heavy atom. The third-order valence-electron chi connectivity index (χ3n) is 3.63. The van der Waals surface area contributed by atoms with Crippen molar-refractivity contribution in [2.75, 3.05) is 20.3 Å². The van der Waals surface area contributed by atoms with Crippen LogP contribution in [0.4, 0.5) is 0 Å². The summed E-state index contributed by atoms with van der Waals surface area (Å²) in [5, 5.41) is 13.6. The molecule has 1 fully saturated rings. The predicted molar refractivity (Wildman–Crippen MR) is 72.7 cm³/mol. The summed E-state index contributed by atoms with van der Waals surface area (Å²) in [7, 11) is 1.61. The second kappa shape index (κ2) is 6.06. The molecule has 108 valence electrons. The van der Waals surface area contributed by atoms with E-state index >= 15 is 0 Å². The molecule has 6 heteroatoms. The molecule has 1 amide bonds. The van der Waals surface area contributed by atoms with Gasteiger partial charge in [-0.05, 0) is 13.8 Å². The Hall–Kier alpha value is -1.87. The normalized spacial score (nSPS) is 22.6. The van der Waals surface area contributed by atoms with Crippen LogP contribution in [0.15, 0.2) is 12.4 Å². The van der Waals surface area contributed by atoms with E-state index in [0.29, 0.717) is 13.2 Å². The quantitative estimate of drug-likeness (QED) is 0.817. The lowest BCUT2D eigenvalue weighted by atomic mass is 9.97. The topological polar surface area (TPSA) is 71.2 Å². The lowest BCUT2D eigenvalue weighted by Crippen LogP contribution is -2.31. The van der Waals surface area contributed by atoms with Crippen molar-refractivity contribution in [3.63, 3.8) is 0 Å². The first-order valence-corrected chi connectivity index (χ1v) is 6.80. The highest BCUT2D eigenvalue weighted by Gasteiger charge is 2.41. The summed E-state index contributed by atoms with van der Waals surface area (Å²) in [6, 6.07) is 2.29. The number of carbonyl (C=O) groups excluding carboxylic acids is 1. The van der Waals surface area contributed by atoms with Gasteiger partial charge in [0.15, 0.2) is 0 Å². The van der Waals surface area contributed by atoms with Crippen LogP contribution in [0.3, 0.4) is 0 Å². The van der Waals surface area contributed by atoms with Gasteiger partial charge < -0.3 is 9.64 Å². The van der Waals surface area contributed by atoms with E-state index in [0.717, 1.165) is 5.56 Å². The SMILES string of the molecule is COCCN1C(=O)CC(C#N)C1c1cnn(C(C)C)c1. The van der Waals surface area contributed by atoms with Crippen LogP contribution in [-0.2, 0) is 9.53 Å². The number of carbonyl (C=O) groups is 1. The van der Waals surface area contributed by atoms with Crippen molar-refractivity contribution in [3.05, 3.63) is 18.0 Å². The number of rotatable bonds is 5. The first-order valence-electron chi connectivity index (χ1n) is 6.80. The van der Waals surface area contributed by atoms with Crippen LogP contribution < -0.4 is 0 Å². The van der Waals surface area contributed by atoms with Crippen LogP contribution in [0.2, 0.25) is 0 Å². The summed E-state index contributed by atoms with van der Waals surface area (Å²) in [5.74, 6) is -0.305. The number of amides is 1. The highest BCUT2D eigenvalue weighted by Crippen LogP contribution is 2.37. The van der Waals surface area contributed by atoms with Gasteiger partial charge in [0.05, 0.1) is 30.8 Å². The third kappa shape index (κ3) is 2.68. The fourth-order valence-electron chi connectivity index (χ4n) is 2.56. The van der Waals surface area contributed by atoms with E-state index in [1.807, 2.05) is 24.7 Å². The van der Waals surface area contributed by atoms with E-state index in [1.54, 1.807) is 18.2 Å². The van der Waals surface area contributed by atoms with Gasteiger partial charge in [0, 0.05) is 37.9 Å². The summed E-state index contributed by atoms with van der Waals surface area (Å²) < 4.78 is 6.90. The highest BCUT2D eigenvalue weighted by atomic mass is 16.5. The van der Waals surface area contributed by atoms with Gasteiger partial charge in [-0.1, -0.05) is 0 Å². The zero-order chi connectivity index (χ0) is 14.7. The van der Waals surface area contributed by atoms with Gasteiger partial charge >= 0.3 is 0 Å². The molecule has 0 N–H and O–H groups in total. The van der Waals surface area contributed by atoms with Gasteiger partial charge in [0.25, 0.3) is 0 Å². The van der Waals surface area contributed by atoms with Gasteiger partial charge in [-0.25, -0.2) is 0 Å². The van der Waals surface area contributed by atoms with Gasteiger partial charge in [0.2, 0.25) is 5.91 Å². The largest absolute Gasteiger partial charge is 0.383 e. The summed E-state index contributed by atoms with van der Waals surface area (Å²) in [6.07, 6.45) is 3.96. The molecular weight excluding hydrogens is 256 g/mol. The molecule has 1 aliphatic heterocycles. The Morgan fingerprint density at radius 1 is 1.60 bits per heavy atom. The zero-order valence-corrected chi connectivity index (χ0v) is 12.1. The summed E-state index contributed by atoms with van der Waals surface area (Å²) >= 11 is 0. The van der Waals surface area contributed by atoms with E-state index in [9.17, 15) is 10.1 Å². The van der Waals surface area contributed by atoms with Crippen LogP contribution in [-0.4, -0.2) is 40.8 Å². The van der Waals surface area contributed by atoms with Gasteiger partial charge in [0.1, 0.15) is 0 Å². The van der Waals surface area contributed by atoms with Crippen molar-refractivity contribution in [2.24, 2.45) is 5.92 Å². The fourth-order valence-corrected chi connectivity index (χ4v) is 2.56. The van der Waals surface area contributed by atoms with Crippen molar-refractivity contribution in [2.45, 2.75) is 32.4 Å². The molecule has 2 unspecified atom stereocenters. The molecule has 6 nitrogen and oxygen atoms in total. The molecular formula is C14H20N4O2. The molecule has 1 aliphatic rings. The highest BCUT2D eigenvalue weighted by molar-refractivity contribution is 5.80. The molecule has 1 aromatic heterocycles. The number of nitriles is 1. The smallest absolute Gasteiger partial charge is 0.224 e. The maximum atomic E-state index is 12.1. The van der Waals surface area contributed by atoms with E-state index in [-0.39, 0.29) is 30.3 Å². The van der Waals surface area contributed by atoms with Crippen molar-refractivity contribution in [3.8, 4) is 6.07 Å². The molecule has 20 heavy (non-hydrogen) atoms. The van der Waals surface area contributed by atoms with Crippen LogP contribution in [0.25, 0.3) is 0 Å². The molecule has 0 spiro atoms. The number of hydrogen-bond donors (Lipinski definition) is 0. The average molecular weight is 276 g/mol. The third-order valence-corrected chi connectivity index (χ3v) is 3.63. The van der Waals surface area contributed by atoms with Crippen LogP contribution in [0.1, 0.15) is 37.9 Å². The molecule has 0 aliphatic carbocycles. The van der Waals surface area contributed by atoms with E-state index in [4.69, 9.17) is 4.74 Å². The maximum absolute atomic E-state index is 12.1. The van der Waals surface area contributed by atoms with Crippen LogP contribution >= 0.6 is 0 Å². The molecule has 2 rings (SSSR count). The molecule has 2 heterocycles. The molecule has 1 saturated heterocycles. The number of ether oxygens (including phenoxy) is 1. The monoisotopic (exact) mass is 276 g/mol. The van der Waals surface area contributed by atoms with Gasteiger partial charge in [-0.2, -0.15) is 10.4 Å². The first kappa shape index (κ1) is 14.5. The maximum Gasteiger partial charge on any atom is 0.224 e. The van der Waals surface area contributed by atoms with Crippen molar-refractivity contribution in [1.82, 2.24) is 14.7 Å². The second-order valence-corrected chi connectivity index (χ2v) is 5.31. The van der Waals surface area contributed by atoms with Crippen LogP contribution in [0, 0.1) is 17.2 Å². The molecule has 0 radical (unpaired) electrons. The molecule has 2 atom stereocenters. The average Bonchev–Trinajstić information content (AvgIpc) is 3.00. The van der Waals surface area contributed by atoms with E-state index in [2.05, 4.69) is 11.2 Å². The summed E-state index contributed by atoms with van der Waals surface area (Å²) in [5.41, 5.74) is 0.923. The first-order chi connectivity index (χ1) is 9.58. The Labute approximate surface area is 118 Å². The minimum absolute atomic E-state index is 0.0101. The molecule has 0 bridgehead atoms. The number of hydrogen-bond acceptors (Lipinski definition) is 4. The minimum Gasteiger partial charge on any atom is -0.383 e. The van der Waals surface area contributed by atoms with Crippen LogP contribution in [0.5, 0.6) is 0 Å². The Balaban J connectivity index is 2.27. The molecule has 1 aromatic rings. The lowest BCUT2D eigenvalue weighted by molar-refractivity contribution is -0.129. The molecule has 0 aromatic carbocycles. The number of nitrogens with zero attached hydrogens (tertiary/aromatic N) is 4. The standard InChI is InChI=1S/C14H20N4O2/c1-10(2)18-9-12(8-16-18)14-11(7-15)6-13(19)17(14)4-5-20-3/h8-11,14H,4-6H2,1-3H3. The van der Waals surface area contributed by atoms with E-state index < -0.39 is 0 Å². The molecule has 0 saturated carbocycles. The summed E-state index contributed by atoms with van der Waals surface area (Å²) in [4.78, 5) is 13.8. The Morgan fingerprint density at radius 2 is 2.35 bits per heavy atom. The number of likely N-dealkylation sites (tertiary alicyclic amines) is 1. The van der Waals surface area contributed by atoms with Crippen molar-refractivity contribution < 1.29 is 9.53 Å². The number of aromatic nitrogens is 2. The second-order valence-electron chi connectivity index (χ2n) is 5.31. The van der Waals surface area contributed by atoms with Gasteiger partial charge in [-0.3, -0.25) is 9.48 Å². The zero-order valence-electron chi connectivity index (χ0n) is 12.1. The Kier molecular flexibility index (Phi) is 4.40. The van der Waals surface area contributed by atoms with Gasteiger partial charge in [-0.15, -0.1) is 0 Å². The summed E-state index contributed by atoms with van der Waals surface area (Å²) in [6.45, 7) is 5.06.